The minimum absolute atomic E-state index is 0.0856. The molecule has 1 aromatic rings. The average molecular weight is 307 g/mol. The number of hydrogen-bond donors (Lipinski definition) is 3. The summed E-state index contributed by atoms with van der Waals surface area (Å²) in [6.07, 6.45) is 5.02. The molecule has 0 unspecified atom stereocenters. The number of nitrogens with one attached hydrogen (secondary N) is 1. The minimum Gasteiger partial charge on any atom is -0.365 e. The third kappa shape index (κ3) is 2.99. The topological polar surface area (TPSA) is 116 Å². The van der Waals surface area contributed by atoms with Gasteiger partial charge in [-0.1, -0.05) is 6.42 Å². The number of amides is 2. The van der Waals surface area contributed by atoms with Crippen molar-refractivity contribution in [2.75, 3.05) is 6.54 Å². The van der Waals surface area contributed by atoms with Crippen LogP contribution in [0.1, 0.15) is 60.3 Å². The van der Waals surface area contributed by atoms with Crippen molar-refractivity contribution in [3.8, 4) is 0 Å². The van der Waals surface area contributed by atoms with Crippen LogP contribution in [0.15, 0.2) is 0 Å². The largest absolute Gasteiger partial charge is 0.365 e. The Hall–Kier alpha value is -1.89. The first-order valence-electron chi connectivity index (χ1n) is 7.79. The first-order valence-corrected chi connectivity index (χ1v) is 7.79. The quantitative estimate of drug-likeness (QED) is 0.741. The highest BCUT2D eigenvalue weighted by Crippen LogP contribution is 2.34. The molecule has 2 amide bonds. The summed E-state index contributed by atoms with van der Waals surface area (Å²) in [6.45, 7) is 3.90. The Morgan fingerprint density at radius 3 is 2.41 bits per heavy atom. The summed E-state index contributed by atoms with van der Waals surface area (Å²) < 4.78 is 1.79. The molecule has 0 aromatic carbocycles. The van der Waals surface area contributed by atoms with Gasteiger partial charge in [-0.15, -0.1) is 0 Å². The van der Waals surface area contributed by atoms with Gasteiger partial charge < -0.3 is 16.8 Å². The van der Waals surface area contributed by atoms with Crippen molar-refractivity contribution in [2.24, 2.45) is 11.5 Å². The number of primary amides is 1. The molecule has 2 rings (SSSR count). The van der Waals surface area contributed by atoms with E-state index in [1.54, 1.807) is 11.6 Å². The monoisotopic (exact) mass is 307 g/mol. The fourth-order valence-corrected chi connectivity index (χ4v) is 3.40. The van der Waals surface area contributed by atoms with Crippen molar-refractivity contribution in [3.05, 3.63) is 17.0 Å². The van der Waals surface area contributed by atoms with Gasteiger partial charge in [-0.25, -0.2) is 4.68 Å². The summed E-state index contributed by atoms with van der Waals surface area (Å²) >= 11 is 0. The maximum atomic E-state index is 12.1. The van der Waals surface area contributed by atoms with Gasteiger partial charge in [0.2, 0.25) is 5.91 Å². The molecule has 0 aliphatic heterocycles. The van der Waals surface area contributed by atoms with E-state index < -0.39 is 11.6 Å². The first kappa shape index (κ1) is 16.5. The molecule has 0 bridgehead atoms. The summed E-state index contributed by atoms with van der Waals surface area (Å²) in [5.41, 5.74) is 12.1. The molecule has 0 radical (unpaired) electrons. The summed E-state index contributed by atoms with van der Waals surface area (Å²) in [5, 5.41) is 7.61. The second-order valence-corrected chi connectivity index (χ2v) is 6.00. The summed E-state index contributed by atoms with van der Waals surface area (Å²) in [5.74, 6) is -0.571. The van der Waals surface area contributed by atoms with Gasteiger partial charge in [0.05, 0.1) is 17.0 Å². The van der Waals surface area contributed by atoms with Gasteiger partial charge in [-0.3, -0.25) is 9.59 Å². The molecule has 5 N–H and O–H groups in total. The Morgan fingerprint density at radius 1 is 1.27 bits per heavy atom. The summed E-state index contributed by atoms with van der Waals surface area (Å²) in [6, 6.07) is 0. The normalized spacial score (nSPS) is 17.2. The van der Waals surface area contributed by atoms with Crippen LogP contribution >= 0.6 is 0 Å². The zero-order valence-corrected chi connectivity index (χ0v) is 13.3. The molecule has 1 heterocycles. The van der Waals surface area contributed by atoms with E-state index in [9.17, 15) is 9.59 Å². The number of carbonyl (C=O) groups is 2. The fourth-order valence-electron chi connectivity index (χ4n) is 3.40. The van der Waals surface area contributed by atoms with Crippen LogP contribution in [0, 0.1) is 13.8 Å². The van der Waals surface area contributed by atoms with Crippen molar-refractivity contribution < 1.29 is 9.59 Å². The van der Waals surface area contributed by atoms with Gasteiger partial charge in [0.1, 0.15) is 5.66 Å². The fraction of sp³-hybridized carbons (Fsp3) is 0.667. The third-order valence-electron chi connectivity index (χ3n) is 4.37. The van der Waals surface area contributed by atoms with Gasteiger partial charge in [-0.2, -0.15) is 5.10 Å². The van der Waals surface area contributed by atoms with Gasteiger partial charge >= 0.3 is 0 Å². The lowest BCUT2D eigenvalue weighted by Gasteiger charge is -2.39. The smallest absolute Gasteiger partial charge is 0.252 e. The van der Waals surface area contributed by atoms with Gasteiger partial charge in [-0.05, 0) is 39.5 Å². The lowest BCUT2D eigenvalue weighted by atomic mass is 9.88. The van der Waals surface area contributed by atoms with Crippen LogP contribution in [0.2, 0.25) is 0 Å². The molecular formula is C15H25N5O2. The SMILES string of the molecule is Cc1nn(C2(NC(=O)CCN)CCCCC2)c(C)c1C(N)=O. The van der Waals surface area contributed by atoms with E-state index in [-0.39, 0.29) is 12.3 Å². The molecule has 1 aliphatic carbocycles. The summed E-state index contributed by atoms with van der Waals surface area (Å²) in [4.78, 5) is 23.7. The highest BCUT2D eigenvalue weighted by Gasteiger charge is 2.38. The lowest BCUT2D eigenvalue weighted by Crippen LogP contribution is -2.53. The van der Waals surface area contributed by atoms with Crippen LogP contribution in [0.3, 0.4) is 0 Å². The third-order valence-corrected chi connectivity index (χ3v) is 4.37. The van der Waals surface area contributed by atoms with Gasteiger partial charge in [0.15, 0.2) is 0 Å². The molecule has 1 saturated carbocycles. The van der Waals surface area contributed by atoms with Crippen LogP contribution in [-0.4, -0.2) is 28.1 Å². The predicted molar refractivity (Wildman–Crippen MR) is 83.1 cm³/mol. The number of aryl methyl sites for hydroxylation is 1. The number of carbonyl (C=O) groups excluding carboxylic acids is 2. The highest BCUT2D eigenvalue weighted by atomic mass is 16.2. The number of aromatic nitrogens is 2. The number of hydrogen-bond acceptors (Lipinski definition) is 4. The minimum atomic E-state index is -0.576. The average Bonchev–Trinajstić information content (AvgIpc) is 2.75. The van der Waals surface area contributed by atoms with Crippen LogP contribution in [0.4, 0.5) is 0 Å². The molecule has 1 aromatic heterocycles. The molecular weight excluding hydrogens is 282 g/mol. The van der Waals surface area contributed by atoms with Crippen molar-refractivity contribution in [1.82, 2.24) is 15.1 Å². The number of rotatable bonds is 5. The molecule has 1 aliphatic rings. The van der Waals surface area contributed by atoms with Crippen LogP contribution in [0.5, 0.6) is 0 Å². The van der Waals surface area contributed by atoms with Gasteiger partial charge in [0.25, 0.3) is 5.91 Å². The first-order chi connectivity index (χ1) is 10.4. The number of nitrogens with two attached hydrogens (primary N) is 2. The molecule has 22 heavy (non-hydrogen) atoms. The zero-order valence-electron chi connectivity index (χ0n) is 13.3. The van der Waals surface area contributed by atoms with Crippen LogP contribution in [0.25, 0.3) is 0 Å². The Bertz CT molecular complexity index is 573. The van der Waals surface area contributed by atoms with Crippen LogP contribution < -0.4 is 16.8 Å². The maximum Gasteiger partial charge on any atom is 0.252 e. The van der Waals surface area contributed by atoms with E-state index in [1.807, 2.05) is 6.92 Å². The Kier molecular flexibility index (Phi) is 4.85. The Balaban J connectivity index is 2.44. The molecule has 0 saturated heterocycles. The van der Waals surface area contributed by atoms with E-state index in [0.717, 1.165) is 32.1 Å². The van der Waals surface area contributed by atoms with E-state index in [4.69, 9.17) is 11.5 Å². The van der Waals surface area contributed by atoms with E-state index in [2.05, 4.69) is 10.4 Å². The van der Waals surface area contributed by atoms with Gasteiger partial charge in [0, 0.05) is 13.0 Å². The van der Waals surface area contributed by atoms with Crippen molar-refractivity contribution >= 4 is 11.8 Å². The maximum absolute atomic E-state index is 12.1. The standard InChI is InChI=1S/C15H25N5O2/c1-10-13(14(17)22)11(2)20(19-10)15(7-4-3-5-8-15)18-12(21)6-9-16/h3-9,16H2,1-2H3,(H2,17,22)(H,18,21). The van der Waals surface area contributed by atoms with Crippen molar-refractivity contribution in [3.63, 3.8) is 0 Å². The molecule has 7 heteroatoms. The summed E-state index contributed by atoms with van der Waals surface area (Å²) in [7, 11) is 0. The molecule has 0 atom stereocenters. The molecule has 0 spiro atoms. The van der Waals surface area contributed by atoms with E-state index in [1.165, 1.54) is 0 Å². The molecule has 122 valence electrons. The highest BCUT2D eigenvalue weighted by molar-refractivity contribution is 5.95. The molecule has 1 fully saturated rings. The van der Waals surface area contributed by atoms with Crippen LogP contribution in [-0.2, 0) is 10.5 Å². The van der Waals surface area contributed by atoms with E-state index in [0.29, 0.717) is 23.5 Å². The second-order valence-electron chi connectivity index (χ2n) is 6.00. The predicted octanol–water partition coefficient (Wildman–Crippen LogP) is 0.681. The number of nitrogens with zero attached hydrogens (tertiary/aromatic N) is 2. The Morgan fingerprint density at radius 2 is 1.91 bits per heavy atom. The lowest BCUT2D eigenvalue weighted by molar-refractivity contribution is -0.125. The van der Waals surface area contributed by atoms with Crippen molar-refractivity contribution in [2.45, 2.75) is 58.0 Å². The molecule has 7 nitrogen and oxygen atoms in total. The Labute approximate surface area is 130 Å². The van der Waals surface area contributed by atoms with Crippen molar-refractivity contribution in [1.29, 1.82) is 0 Å². The zero-order chi connectivity index (χ0) is 16.3. The van der Waals surface area contributed by atoms with E-state index >= 15 is 0 Å². The second kappa shape index (κ2) is 6.48.